The molecule has 1 N–H and O–H groups in total. The average molecular weight is 247 g/mol. The maximum atomic E-state index is 13.0. The quantitative estimate of drug-likeness (QED) is 0.799. The first kappa shape index (κ1) is 12.2. The van der Waals surface area contributed by atoms with Crippen molar-refractivity contribution in [3.63, 3.8) is 0 Å². The Balaban J connectivity index is 1.64. The molecule has 3 atom stereocenters. The summed E-state index contributed by atoms with van der Waals surface area (Å²) in [5, 5.41) is 3.80. The highest BCUT2D eigenvalue weighted by Crippen LogP contribution is 2.44. The van der Waals surface area contributed by atoms with Gasteiger partial charge in [-0.3, -0.25) is 0 Å². The van der Waals surface area contributed by atoms with Crippen LogP contribution in [0.3, 0.4) is 0 Å². The smallest absolute Gasteiger partial charge is 0.123 e. The zero-order chi connectivity index (χ0) is 12.5. The predicted molar refractivity (Wildman–Crippen MR) is 71.8 cm³/mol. The number of nitrogens with one attached hydrogen (secondary N) is 1. The van der Waals surface area contributed by atoms with Crippen LogP contribution in [-0.2, 0) is 0 Å². The molecule has 0 saturated heterocycles. The van der Waals surface area contributed by atoms with Crippen molar-refractivity contribution in [1.82, 2.24) is 5.32 Å². The third-order valence-electron chi connectivity index (χ3n) is 4.30. The van der Waals surface area contributed by atoms with Gasteiger partial charge in [-0.1, -0.05) is 25.5 Å². The van der Waals surface area contributed by atoms with E-state index in [0.717, 1.165) is 11.8 Å². The third-order valence-corrected chi connectivity index (χ3v) is 4.30. The largest absolute Gasteiger partial charge is 0.307 e. The monoisotopic (exact) mass is 247 g/mol. The minimum absolute atomic E-state index is 0.136. The summed E-state index contributed by atoms with van der Waals surface area (Å²) in [6.45, 7) is 2.26. The molecule has 0 radical (unpaired) electrons. The Hall–Kier alpha value is -0.890. The summed E-state index contributed by atoms with van der Waals surface area (Å²) in [5.74, 6) is 1.53. The average Bonchev–Trinajstić information content (AvgIpc) is 3.23. The fourth-order valence-electron chi connectivity index (χ4n) is 2.98. The van der Waals surface area contributed by atoms with Gasteiger partial charge in [0.05, 0.1) is 0 Å². The molecule has 2 aliphatic rings. The molecule has 2 heteroatoms. The zero-order valence-corrected chi connectivity index (χ0v) is 11.0. The fraction of sp³-hybridized carbons (Fsp3) is 0.625. The van der Waals surface area contributed by atoms with Crippen LogP contribution in [0.5, 0.6) is 0 Å². The van der Waals surface area contributed by atoms with Gasteiger partial charge in [0.25, 0.3) is 0 Å². The molecule has 2 saturated carbocycles. The Kier molecular flexibility index (Phi) is 3.38. The SMILES string of the molecule is CCCC1CC1NC(c1ccc(F)cc1)C1CC1. The van der Waals surface area contributed by atoms with Crippen LogP contribution in [0.25, 0.3) is 0 Å². The Morgan fingerprint density at radius 3 is 2.61 bits per heavy atom. The highest BCUT2D eigenvalue weighted by Gasteiger charge is 2.41. The second-order valence-electron chi connectivity index (χ2n) is 5.92. The number of halogens is 1. The third kappa shape index (κ3) is 2.74. The first-order valence-corrected chi connectivity index (χ1v) is 7.29. The first-order valence-electron chi connectivity index (χ1n) is 7.29. The molecule has 0 aliphatic heterocycles. The lowest BCUT2D eigenvalue weighted by molar-refractivity contribution is 0.457. The van der Waals surface area contributed by atoms with Gasteiger partial charge in [0.15, 0.2) is 0 Å². The summed E-state index contributed by atoms with van der Waals surface area (Å²) in [6, 6.07) is 8.23. The van der Waals surface area contributed by atoms with Gasteiger partial charge in [-0.25, -0.2) is 4.39 Å². The van der Waals surface area contributed by atoms with Gasteiger partial charge in [0.1, 0.15) is 5.82 Å². The van der Waals surface area contributed by atoms with Gasteiger partial charge in [-0.2, -0.15) is 0 Å². The molecular weight excluding hydrogens is 225 g/mol. The van der Waals surface area contributed by atoms with Gasteiger partial charge < -0.3 is 5.32 Å². The van der Waals surface area contributed by atoms with Crippen LogP contribution in [0.4, 0.5) is 4.39 Å². The van der Waals surface area contributed by atoms with E-state index in [-0.39, 0.29) is 5.82 Å². The molecule has 0 spiro atoms. The van der Waals surface area contributed by atoms with Gasteiger partial charge in [0, 0.05) is 12.1 Å². The lowest BCUT2D eigenvalue weighted by atomic mass is 10.0. The van der Waals surface area contributed by atoms with Gasteiger partial charge in [0.2, 0.25) is 0 Å². The molecule has 1 aromatic carbocycles. The summed E-state index contributed by atoms with van der Waals surface area (Å²) in [5.41, 5.74) is 1.26. The highest BCUT2D eigenvalue weighted by atomic mass is 19.1. The van der Waals surface area contributed by atoms with Crippen molar-refractivity contribution in [1.29, 1.82) is 0 Å². The maximum Gasteiger partial charge on any atom is 0.123 e. The van der Waals surface area contributed by atoms with Crippen LogP contribution >= 0.6 is 0 Å². The van der Waals surface area contributed by atoms with Crippen molar-refractivity contribution in [3.05, 3.63) is 35.6 Å². The molecule has 3 rings (SSSR count). The van der Waals surface area contributed by atoms with E-state index >= 15 is 0 Å². The van der Waals surface area contributed by atoms with Crippen molar-refractivity contribution < 1.29 is 4.39 Å². The summed E-state index contributed by atoms with van der Waals surface area (Å²) < 4.78 is 13.0. The van der Waals surface area contributed by atoms with E-state index in [2.05, 4.69) is 12.2 Å². The summed E-state index contributed by atoms with van der Waals surface area (Å²) in [6.07, 6.45) is 6.60. The van der Waals surface area contributed by atoms with E-state index in [4.69, 9.17) is 0 Å². The van der Waals surface area contributed by atoms with Crippen LogP contribution in [0, 0.1) is 17.7 Å². The maximum absolute atomic E-state index is 13.0. The number of hydrogen-bond acceptors (Lipinski definition) is 1. The van der Waals surface area contributed by atoms with Crippen molar-refractivity contribution in [2.45, 2.75) is 51.1 Å². The van der Waals surface area contributed by atoms with Crippen LogP contribution in [0.15, 0.2) is 24.3 Å². The minimum atomic E-state index is -0.136. The topological polar surface area (TPSA) is 12.0 Å². The predicted octanol–water partition coefficient (Wildman–Crippen LogP) is 4.06. The molecule has 2 aliphatic carbocycles. The van der Waals surface area contributed by atoms with Crippen LogP contribution in [0.1, 0.15) is 50.6 Å². The second kappa shape index (κ2) is 5.00. The molecule has 98 valence electrons. The van der Waals surface area contributed by atoms with E-state index in [0.29, 0.717) is 12.1 Å². The second-order valence-corrected chi connectivity index (χ2v) is 5.92. The molecule has 2 fully saturated rings. The lowest BCUT2D eigenvalue weighted by Gasteiger charge is -2.19. The number of rotatable bonds is 6. The summed E-state index contributed by atoms with van der Waals surface area (Å²) in [4.78, 5) is 0. The Bertz CT molecular complexity index is 396. The van der Waals surface area contributed by atoms with Crippen molar-refractivity contribution in [3.8, 4) is 0 Å². The molecule has 1 aromatic rings. The van der Waals surface area contributed by atoms with Crippen LogP contribution in [0.2, 0.25) is 0 Å². The van der Waals surface area contributed by atoms with E-state index in [1.807, 2.05) is 12.1 Å². The highest BCUT2D eigenvalue weighted by molar-refractivity contribution is 5.22. The van der Waals surface area contributed by atoms with Crippen molar-refractivity contribution in [2.75, 3.05) is 0 Å². The molecule has 0 amide bonds. The minimum Gasteiger partial charge on any atom is -0.307 e. The summed E-state index contributed by atoms with van der Waals surface area (Å²) >= 11 is 0. The van der Waals surface area contributed by atoms with E-state index in [1.54, 1.807) is 12.1 Å². The standard InChI is InChI=1S/C16H22FN/c1-2-3-13-10-15(13)18-16(11-4-5-11)12-6-8-14(17)9-7-12/h6-9,11,13,15-16,18H,2-5,10H2,1H3. The Morgan fingerprint density at radius 1 is 1.28 bits per heavy atom. The molecule has 0 aromatic heterocycles. The van der Waals surface area contributed by atoms with E-state index in [1.165, 1.54) is 37.7 Å². The molecular formula is C16H22FN. The number of hydrogen-bond donors (Lipinski definition) is 1. The van der Waals surface area contributed by atoms with Crippen LogP contribution in [-0.4, -0.2) is 6.04 Å². The molecule has 0 heterocycles. The fourth-order valence-corrected chi connectivity index (χ4v) is 2.98. The molecule has 3 unspecified atom stereocenters. The van der Waals surface area contributed by atoms with Crippen LogP contribution < -0.4 is 5.32 Å². The van der Waals surface area contributed by atoms with Gasteiger partial charge >= 0.3 is 0 Å². The first-order chi connectivity index (χ1) is 8.78. The Morgan fingerprint density at radius 2 is 2.00 bits per heavy atom. The molecule has 18 heavy (non-hydrogen) atoms. The van der Waals surface area contributed by atoms with Gasteiger partial charge in [-0.15, -0.1) is 0 Å². The van der Waals surface area contributed by atoms with E-state index < -0.39 is 0 Å². The normalized spacial score (nSPS) is 28.1. The Labute approximate surface area is 109 Å². The number of benzene rings is 1. The lowest BCUT2D eigenvalue weighted by Crippen LogP contribution is -2.26. The summed E-state index contributed by atoms with van der Waals surface area (Å²) in [7, 11) is 0. The van der Waals surface area contributed by atoms with Crippen molar-refractivity contribution >= 4 is 0 Å². The molecule has 1 nitrogen and oxygen atoms in total. The molecule has 0 bridgehead atoms. The van der Waals surface area contributed by atoms with Crippen molar-refractivity contribution in [2.24, 2.45) is 11.8 Å². The van der Waals surface area contributed by atoms with E-state index in [9.17, 15) is 4.39 Å². The van der Waals surface area contributed by atoms with Gasteiger partial charge in [-0.05, 0) is 55.2 Å². The zero-order valence-electron chi connectivity index (χ0n) is 11.0.